The van der Waals surface area contributed by atoms with Crippen LogP contribution in [0, 0.1) is 5.82 Å². The van der Waals surface area contributed by atoms with E-state index < -0.39 is 5.82 Å². The van der Waals surface area contributed by atoms with Crippen LogP contribution < -0.4 is 0 Å². The molecule has 0 fully saturated rings. The number of carbonyl (C=O) groups excluding carboxylic acids is 1. The third-order valence-electron chi connectivity index (χ3n) is 1.95. The molecule has 0 unspecified atom stereocenters. The monoisotopic (exact) mass is 337 g/mol. The molecule has 0 N–H and O–H groups in total. The summed E-state index contributed by atoms with van der Waals surface area (Å²) >= 11 is 6.31. The van der Waals surface area contributed by atoms with Gasteiger partial charge in [0.15, 0.2) is 0 Å². The molecule has 0 aliphatic carbocycles. The van der Waals surface area contributed by atoms with Crippen molar-refractivity contribution < 1.29 is 9.18 Å². The summed E-state index contributed by atoms with van der Waals surface area (Å²) in [5, 5.41) is 0.697. The molecular formula is C10H10Br2FNO. The second-order valence-corrected chi connectivity index (χ2v) is 4.60. The van der Waals surface area contributed by atoms with Crippen molar-refractivity contribution in [1.29, 1.82) is 0 Å². The summed E-state index contributed by atoms with van der Waals surface area (Å²) in [6.07, 6.45) is 0. The summed E-state index contributed by atoms with van der Waals surface area (Å²) in [6.45, 7) is 0.585. The van der Waals surface area contributed by atoms with E-state index in [1.165, 1.54) is 17.0 Å². The summed E-state index contributed by atoms with van der Waals surface area (Å²) in [5.41, 5.74) is 0.346. The number of hydrogen-bond donors (Lipinski definition) is 0. The number of benzene rings is 1. The Labute approximate surface area is 105 Å². The molecule has 0 heterocycles. The molecule has 82 valence electrons. The van der Waals surface area contributed by atoms with Crippen LogP contribution >= 0.6 is 31.9 Å². The van der Waals surface area contributed by atoms with Crippen molar-refractivity contribution in [2.45, 2.75) is 0 Å². The minimum atomic E-state index is -0.423. The van der Waals surface area contributed by atoms with Crippen molar-refractivity contribution in [2.75, 3.05) is 18.9 Å². The standard InChI is InChI=1S/C10H10Br2FNO/c1-14(6-5-11)10(15)7-3-2-4-8(13)9(7)12/h2-4H,5-6H2,1H3. The Morgan fingerprint density at radius 2 is 2.20 bits per heavy atom. The fourth-order valence-corrected chi connectivity index (χ4v) is 2.07. The number of hydrogen-bond acceptors (Lipinski definition) is 1. The lowest BCUT2D eigenvalue weighted by molar-refractivity contribution is 0.0802. The van der Waals surface area contributed by atoms with Gasteiger partial charge in [-0.1, -0.05) is 22.0 Å². The topological polar surface area (TPSA) is 20.3 Å². The Morgan fingerprint density at radius 3 is 2.80 bits per heavy atom. The number of alkyl halides is 1. The van der Waals surface area contributed by atoms with Gasteiger partial charge in [0.25, 0.3) is 5.91 Å². The highest BCUT2D eigenvalue weighted by molar-refractivity contribution is 9.10. The smallest absolute Gasteiger partial charge is 0.254 e. The number of rotatable bonds is 3. The maximum atomic E-state index is 13.2. The van der Waals surface area contributed by atoms with Crippen LogP contribution in [0.5, 0.6) is 0 Å². The molecule has 1 rings (SSSR count). The molecule has 0 bridgehead atoms. The molecule has 2 nitrogen and oxygen atoms in total. The van der Waals surface area contributed by atoms with E-state index in [2.05, 4.69) is 31.9 Å². The van der Waals surface area contributed by atoms with Gasteiger partial charge in [-0.05, 0) is 28.1 Å². The Bertz CT molecular complexity index is 370. The van der Waals surface area contributed by atoms with Crippen molar-refractivity contribution in [3.8, 4) is 0 Å². The summed E-state index contributed by atoms with van der Waals surface area (Å²) in [7, 11) is 1.68. The van der Waals surface area contributed by atoms with Gasteiger partial charge in [0, 0.05) is 18.9 Å². The van der Waals surface area contributed by atoms with Gasteiger partial charge < -0.3 is 4.90 Å². The number of amides is 1. The van der Waals surface area contributed by atoms with Gasteiger partial charge in [-0.25, -0.2) is 4.39 Å². The molecular weight excluding hydrogens is 329 g/mol. The molecule has 0 radical (unpaired) electrons. The molecule has 1 aromatic carbocycles. The molecule has 0 aromatic heterocycles. The van der Waals surface area contributed by atoms with Crippen molar-refractivity contribution >= 4 is 37.8 Å². The molecule has 0 saturated heterocycles. The Kier molecular flexibility index (Phi) is 4.73. The van der Waals surface area contributed by atoms with E-state index in [1.54, 1.807) is 13.1 Å². The highest BCUT2D eigenvalue weighted by atomic mass is 79.9. The van der Waals surface area contributed by atoms with Crippen molar-refractivity contribution in [1.82, 2.24) is 4.90 Å². The van der Waals surface area contributed by atoms with Crippen LogP contribution in [0.3, 0.4) is 0 Å². The Hall–Kier alpha value is -0.420. The molecule has 1 aromatic rings. The van der Waals surface area contributed by atoms with Gasteiger partial charge in [0.2, 0.25) is 0 Å². The fourth-order valence-electron chi connectivity index (χ4n) is 1.10. The first-order valence-corrected chi connectivity index (χ1v) is 6.24. The molecule has 1 amide bonds. The number of halogens is 3. The summed E-state index contributed by atoms with van der Waals surface area (Å²) in [6, 6.07) is 4.43. The third kappa shape index (κ3) is 3.01. The van der Waals surface area contributed by atoms with Gasteiger partial charge in [-0.3, -0.25) is 4.79 Å². The molecule has 5 heteroatoms. The van der Waals surface area contributed by atoms with Crippen LogP contribution in [0.15, 0.2) is 22.7 Å². The first-order chi connectivity index (χ1) is 7.07. The average Bonchev–Trinajstić information content (AvgIpc) is 2.21. The van der Waals surface area contributed by atoms with Gasteiger partial charge in [-0.15, -0.1) is 0 Å². The lowest BCUT2D eigenvalue weighted by Crippen LogP contribution is -2.28. The van der Waals surface area contributed by atoms with Gasteiger partial charge in [0.05, 0.1) is 10.0 Å². The highest BCUT2D eigenvalue weighted by Gasteiger charge is 2.16. The van der Waals surface area contributed by atoms with Crippen LogP contribution in [0.1, 0.15) is 10.4 Å². The van der Waals surface area contributed by atoms with Crippen LogP contribution in [-0.2, 0) is 0 Å². The van der Waals surface area contributed by atoms with E-state index in [0.29, 0.717) is 17.4 Å². The Morgan fingerprint density at radius 1 is 1.53 bits per heavy atom. The third-order valence-corrected chi connectivity index (χ3v) is 3.11. The fraction of sp³-hybridized carbons (Fsp3) is 0.300. The normalized spacial score (nSPS) is 10.1. The van der Waals surface area contributed by atoms with Gasteiger partial charge in [0.1, 0.15) is 5.82 Å². The van der Waals surface area contributed by atoms with Gasteiger partial charge in [-0.2, -0.15) is 0 Å². The molecule has 0 atom stereocenters. The first-order valence-electron chi connectivity index (χ1n) is 4.33. The minimum Gasteiger partial charge on any atom is -0.341 e. The predicted molar refractivity (Wildman–Crippen MR) is 64.9 cm³/mol. The average molecular weight is 339 g/mol. The van der Waals surface area contributed by atoms with Crippen molar-refractivity contribution in [3.63, 3.8) is 0 Å². The molecule has 0 aliphatic rings. The quantitative estimate of drug-likeness (QED) is 0.776. The maximum Gasteiger partial charge on any atom is 0.254 e. The lowest BCUT2D eigenvalue weighted by atomic mass is 10.2. The number of nitrogens with zero attached hydrogens (tertiary/aromatic N) is 1. The van der Waals surface area contributed by atoms with E-state index >= 15 is 0 Å². The molecule has 0 spiro atoms. The largest absolute Gasteiger partial charge is 0.341 e. The van der Waals surface area contributed by atoms with Crippen LogP contribution in [0.4, 0.5) is 4.39 Å². The summed E-state index contributed by atoms with van der Waals surface area (Å²) in [4.78, 5) is 13.4. The van der Waals surface area contributed by atoms with Crippen molar-refractivity contribution in [2.24, 2.45) is 0 Å². The van der Waals surface area contributed by atoms with Gasteiger partial charge >= 0.3 is 0 Å². The van der Waals surface area contributed by atoms with Crippen LogP contribution in [-0.4, -0.2) is 29.7 Å². The molecule has 0 saturated carbocycles. The molecule has 0 aliphatic heterocycles. The Balaban J connectivity index is 2.96. The zero-order valence-electron chi connectivity index (χ0n) is 8.14. The highest BCUT2D eigenvalue weighted by Crippen LogP contribution is 2.21. The first kappa shape index (κ1) is 12.6. The molecule has 15 heavy (non-hydrogen) atoms. The van der Waals surface area contributed by atoms with E-state index in [4.69, 9.17) is 0 Å². The SMILES string of the molecule is CN(CCBr)C(=O)c1cccc(F)c1Br. The maximum absolute atomic E-state index is 13.2. The second kappa shape index (κ2) is 5.61. The lowest BCUT2D eigenvalue weighted by Gasteiger charge is -2.16. The number of carbonyl (C=O) groups is 1. The summed E-state index contributed by atoms with van der Waals surface area (Å²) in [5.74, 6) is -0.617. The zero-order valence-corrected chi connectivity index (χ0v) is 11.3. The zero-order chi connectivity index (χ0) is 11.4. The second-order valence-electron chi connectivity index (χ2n) is 3.02. The van der Waals surface area contributed by atoms with E-state index in [9.17, 15) is 9.18 Å². The van der Waals surface area contributed by atoms with Crippen LogP contribution in [0.2, 0.25) is 0 Å². The van der Waals surface area contributed by atoms with Crippen molar-refractivity contribution in [3.05, 3.63) is 34.1 Å². The summed E-state index contributed by atoms with van der Waals surface area (Å²) < 4.78 is 13.4. The predicted octanol–water partition coefficient (Wildman–Crippen LogP) is 3.06. The van der Waals surface area contributed by atoms with E-state index in [0.717, 1.165) is 0 Å². The van der Waals surface area contributed by atoms with E-state index in [1.807, 2.05) is 0 Å². The minimum absolute atomic E-state index is 0.194. The van der Waals surface area contributed by atoms with E-state index in [-0.39, 0.29) is 10.4 Å². The van der Waals surface area contributed by atoms with Crippen LogP contribution in [0.25, 0.3) is 0 Å².